The molecule has 33 heavy (non-hydrogen) atoms. The molecule has 0 atom stereocenters. The van der Waals surface area contributed by atoms with Gasteiger partial charge in [0.15, 0.2) is 11.5 Å². The molecular weight excluding hydrogens is 422 g/mol. The lowest BCUT2D eigenvalue weighted by molar-refractivity contribution is -0.152. The molecule has 2 aliphatic carbocycles. The van der Waals surface area contributed by atoms with Crippen LogP contribution in [-0.2, 0) is 27.2 Å². The highest BCUT2D eigenvalue weighted by molar-refractivity contribution is 5.93. The van der Waals surface area contributed by atoms with Crippen LogP contribution in [0.2, 0.25) is 0 Å². The third-order valence-corrected chi connectivity index (χ3v) is 7.07. The van der Waals surface area contributed by atoms with Crippen molar-refractivity contribution in [2.75, 3.05) is 38.7 Å². The minimum atomic E-state index is -0.848. The first kappa shape index (κ1) is 21.9. The van der Waals surface area contributed by atoms with Crippen LogP contribution in [0.3, 0.4) is 0 Å². The lowest BCUT2D eigenvalue weighted by Crippen LogP contribution is -2.34. The molecule has 1 saturated carbocycles. The maximum Gasteiger partial charge on any atom is 0.339 e. The SMILES string of the molecule is COc1cc2c3c(c(NC4(C(=O)OC=O)CC4)nc2cc1OCCCN1CCCC1)CCC3. The summed E-state index contributed by atoms with van der Waals surface area (Å²) in [5, 5.41) is 4.38. The van der Waals surface area contributed by atoms with E-state index >= 15 is 0 Å². The van der Waals surface area contributed by atoms with E-state index < -0.39 is 11.5 Å². The molecule has 1 aliphatic heterocycles. The van der Waals surface area contributed by atoms with Gasteiger partial charge in [-0.15, -0.1) is 0 Å². The fourth-order valence-corrected chi connectivity index (χ4v) is 5.11. The Morgan fingerprint density at radius 1 is 1.15 bits per heavy atom. The van der Waals surface area contributed by atoms with Crippen LogP contribution < -0.4 is 14.8 Å². The quantitative estimate of drug-likeness (QED) is 0.254. The van der Waals surface area contributed by atoms with Crippen LogP contribution >= 0.6 is 0 Å². The number of esters is 1. The van der Waals surface area contributed by atoms with E-state index in [2.05, 4.69) is 15.0 Å². The highest BCUT2D eigenvalue weighted by Crippen LogP contribution is 2.44. The van der Waals surface area contributed by atoms with Crippen molar-refractivity contribution in [2.24, 2.45) is 0 Å². The fourth-order valence-electron chi connectivity index (χ4n) is 5.11. The molecule has 0 amide bonds. The molecule has 0 radical (unpaired) electrons. The summed E-state index contributed by atoms with van der Waals surface area (Å²) in [6.45, 7) is 4.24. The van der Waals surface area contributed by atoms with Crippen molar-refractivity contribution in [1.29, 1.82) is 0 Å². The largest absolute Gasteiger partial charge is 0.493 e. The average molecular weight is 454 g/mol. The van der Waals surface area contributed by atoms with Gasteiger partial charge in [-0.1, -0.05) is 0 Å². The van der Waals surface area contributed by atoms with Gasteiger partial charge in [0.05, 0.1) is 19.2 Å². The molecule has 5 rings (SSSR count). The standard InChI is InChI=1S/C25H31N3O5/c1-31-21-14-19-17-6-4-7-18(17)23(27-25(8-9-25)24(30)33-16-29)26-20(19)15-22(21)32-13-5-12-28-10-2-3-11-28/h14-16H,2-13H2,1H3,(H,26,27). The van der Waals surface area contributed by atoms with E-state index in [-0.39, 0.29) is 6.47 Å². The van der Waals surface area contributed by atoms with Gasteiger partial charge in [0.25, 0.3) is 0 Å². The highest BCUT2D eigenvalue weighted by Gasteiger charge is 2.52. The molecule has 2 fully saturated rings. The first-order valence-electron chi connectivity index (χ1n) is 11.9. The molecule has 0 spiro atoms. The van der Waals surface area contributed by atoms with Crippen molar-refractivity contribution in [2.45, 2.75) is 56.9 Å². The van der Waals surface area contributed by atoms with Gasteiger partial charge in [0, 0.05) is 18.0 Å². The van der Waals surface area contributed by atoms with E-state index in [0.717, 1.165) is 48.7 Å². The normalized spacial score (nSPS) is 18.7. The Balaban J connectivity index is 1.40. The van der Waals surface area contributed by atoms with Gasteiger partial charge in [-0.25, -0.2) is 9.78 Å². The summed E-state index contributed by atoms with van der Waals surface area (Å²) in [4.78, 5) is 30.3. The number of benzene rings is 1. The Kier molecular flexibility index (Phi) is 6.10. The van der Waals surface area contributed by atoms with Crippen molar-refractivity contribution >= 4 is 29.2 Å². The number of ether oxygens (including phenoxy) is 3. The minimum Gasteiger partial charge on any atom is -0.493 e. The first-order valence-corrected chi connectivity index (χ1v) is 11.9. The lowest BCUT2D eigenvalue weighted by Gasteiger charge is -2.20. The van der Waals surface area contributed by atoms with E-state index in [9.17, 15) is 9.59 Å². The molecule has 2 aromatic rings. The van der Waals surface area contributed by atoms with Crippen molar-refractivity contribution in [1.82, 2.24) is 9.88 Å². The molecule has 3 aliphatic rings. The zero-order valence-corrected chi connectivity index (χ0v) is 19.2. The number of carbonyl (C=O) groups is 2. The smallest absolute Gasteiger partial charge is 0.339 e. The maximum absolute atomic E-state index is 12.3. The summed E-state index contributed by atoms with van der Waals surface area (Å²) in [5.41, 5.74) is 2.34. The summed E-state index contributed by atoms with van der Waals surface area (Å²) >= 11 is 0. The van der Waals surface area contributed by atoms with E-state index in [0.29, 0.717) is 36.8 Å². The molecule has 8 nitrogen and oxygen atoms in total. The van der Waals surface area contributed by atoms with Crippen LogP contribution in [0.1, 0.15) is 49.7 Å². The Bertz CT molecular complexity index is 1060. The second-order valence-corrected chi connectivity index (χ2v) is 9.25. The average Bonchev–Trinajstić information content (AvgIpc) is 3.20. The maximum atomic E-state index is 12.3. The number of hydrogen-bond donors (Lipinski definition) is 1. The van der Waals surface area contributed by atoms with Crippen LogP contribution in [0.5, 0.6) is 11.5 Å². The number of rotatable bonds is 10. The summed E-state index contributed by atoms with van der Waals surface area (Å²) in [5.74, 6) is 1.57. The number of fused-ring (bicyclic) bond motifs is 3. The summed E-state index contributed by atoms with van der Waals surface area (Å²) in [6, 6.07) is 3.97. The molecule has 1 saturated heterocycles. The fraction of sp³-hybridized carbons (Fsp3) is 0.560. The van der Waals surface area contributed by atoms with Crippen LogP contribution in [0.4, 0.5) is 5.82 Å². The number of hydrogen-bond acceptors (Lipinski definition) is 8. The van der Waals surface area contributed by atoms with Gasteiger partial charge in [0.1, 0.15) is 11.4 Å². The van der Waals surface area contributed by atoms with E-state index in [1.54, 1.807) is 7.11 Å². The summed E-state index contributed by atoms with van der Waals surface area (Å²) in [7, 11) is 1.66. The van der Waals surface area contributed by atoms with Gasteiger partial charge in [-0.3, -0.25) is 4.79 Å². The minimum absolute atomic E-state index is 0.196. The zero-order chi connectivity index (χ0) is 22.8. The molecule has 0 unspecified atom stereocenters. The molecule has 8 heteroatoms. The number of pyridine rings is 1. The second-order valence-electron chi connectivity index (χ2n) is 9.25. The van der Waals surface area contributed by atoms with Gasteiger partial charge < -0.3 is 24.4 Å². The van der Waals surface area contributed by atoms with Gasteiger partial charge in [-0.05, 0) is 81.6 Å². The summed E-state index contributed by atoms with van der Waals surface area (Å²) < 4.78 is 16.4. The number of methoxy groups -OCH3 is 1. The van der Waals surface area contributed by atoms with Gasteiger partial charge in [-0.2, -0.15) is 0 Å². The van der Waals surface area contributed by atoms with Gasteiger partial charge >= 0.3 is 12.4 Å². The second kappa shape index (κ2) is 9.17. The van der Waals surface area contributed by atoms with Gasteiger partial charge in [0.2, 0.25) is 0 Å². The number of nitrogens with one attached hydrogen (secondary N) is 1. The Morgan fingerprint density at radius 3 is 2.67 bits per heavy atom. The Hall–Kier alpha value is -2.87. The lowest BCUT2D eigenvalue weighted by atomic mass is 10.0. The van der Waals surface area contributed by atoms with Crippen molar-refractivity contribution in [3.05, 3.63) is 23.3 Å². The van der Waals surface area contributed by atoms with Crippen molar-refractivity contribution in [3.8, 4) is 11.5 Å². The third kappa shape index (κ3) is 4.36. The summed E-state index contributed by atoms with van der Waals surface area (Å²) in [6.07, 6.45) is 7.69. The topological polar surface area (TPSA) is 90.0 Å². The van der Waals surface area contributed by atoms with Crippen molar-refractivity contribution < 1.29 is 23.8 Å². The zero-order valence-electron chi connectivity index (χ0n) is 19.2. The number of aromatic nitrogens is 1. The number of likely N-dealkylation sites (tertiary alicyclic amines) is 1. The third-order valence-electron chi connectivity index (χ3n) is 7.07. The predicted octanol–water partition coefficient (Wildman–Crippen LogP) is 3.24. The number of nitrogens with zero attached hydrogens (tertiary/aromatic N) is 2. The Morgan fingerprint density at radius 2 is 1.94 bits per heavy atom. The van der Waals surface area contributed by atoms with Crippen LogP contribution in [-0.4, -0.2) is 61.2 Å². The monoisotopic (exact) mass is 453 g/mol. The highest BCUT2D eigenvalue weighted by atomic mass is 16.6. The first-order chi connectivity index (χ1) is 16.1. The van der Waals surface area contributed by atoms with E-state index in [1.807, 2.05) is 12.1 Å². The molecule has 176 valence electrons. The molecule has 2 heterocycles. The van der Waals surface area contributed by atoms with E-state index in [4.69, 9.17) is 14.5 Å². The van der Waals surface area contributed by atoms with Crippen LogP contribution in [0.25, 0.3) is 10.9 Å². The Labute approximate surface area is 193 Å². The number of carbonyl (C=O) groups excluding carboxylic acids is 2. The van der Waals surface area contributed by atoms with Crippen LogP contribution in [0, 0.1) is 0 Å². The molecule has 0 bridgehead atoms. The van der Waals surface area contributed by atoms with Crippen molar-refractivity contribution in [3.63, 3.8) is 0 Å². The van der Waals surface area contributed by atoms with Crippen LogP contribution in [0.15, 0.2) is 12.1 Å². The van der Waals surface area contributed by atoms with E-state index in [1.165, 1.54) is 31.5 Å². The molecular formula is C25H31N3O5. The number of anilines is 1. The molecule has 1 aromatic carbocycles. The molecule has 1 aromatic heterocycles. The predicted molar refractivity (Wildman–Crippen MR) is 124 cm³/mol. The molecule has 1 N–H and O–H groups in total. The number of aryl methyl sites for hydroxylation is 1.